The molecule has 1 saturated carbocycles. The van der Waals surface area contributed by atoms with Crippen LogP contribution in [0.15, 0.2) is 60.8 Å². The largest absolute Gasteiger partial charge is 0.490 e. The van der Waals surface area contributed by atoms with E-state index in [1.807, 2.05) is 55.8 Å². The summed E-state index contributed by atoms with van der Waals surface area (Å²) >= 11 is 0. The number of benzene rings is 2. The molecule has 1 amide bonds. The summed E-state index contributed by atoms with van der Waals surface area (Å²) in [6, 6.07) is 18.5. The van der Waals surface area contributed by atoms with Crippen molar-refractivity contribution < 1.29 is 23.7 Å². The van der Waals surface area contributed by atoms with Crippen LogP contribution in [0.5, 0.6) is 5.75 Å². The average Bonchev–Trinajstić information content (AvgIpc) is 3.41. The molecule has 2 aromatic carbocycles. The van der Waals surface area contributed by atoms with E-state index in [2.05, 4.69) is 42.4 Å². The quantitative estimate of drug-likeness (QED) is 0.228. The van der Waals surface area contributed by atoms with Gasteiger partial charge in [0.2, 0.25) is 0 Å². The fourth-order valence-corrected chi connectivity index (χ4v) is 5.41. The second-order valence-corrected chi connectivity index (χ2v) is 13.1. The summed E-state index contributed by atoms with van der Waals surface area (Å²) in [5.74, 6) is 0.860. The lowest BCUT2D eigenvalue weighted by atomic mass is 9.92. The van der Waals surface area contributed by atoms with Gasteiger partial charge in [-0.2, -0.15) is 5.10 Å². The number of hydrogen-bond acceptors (Lipinski definition) is 7. The molecule has 1 aliphatic carbocycles. The molecule has 1 saturated heterocycles. The molecular formula is C35H48N4O5. The first-order valence-electron chi connectivity index (χ1n) is 15.9. The molecule has 44 heavy (non-hydrogen) atoms. The molecule has 1 aromatic heterocycles. The van der Waals surface area contributed by atoms with E-state index in [1.165, 1.54) is 5.56 Å². The molecule has 3 aromatic rings. The van der Waals surface area contributed by atoms with Crippen molar-refractivity contribution in [3.63, 3.8) is 0 Å². The molecule has 0 bridgehead atoms. The standard InChI is InChI=1S/C35H48N4O5/c1-35(2,3)44-34(40)38(5)19-18-37(4)23-28-24-39(32-13-9-10-20-41-32)36-33(28)27-14-16-29(17-15-27)43-31-21-30(22-31)42-25-26-11-7-6-8-12-26/h6-8,11-12,14-17,24,30-32H,9-10,13,18-23,25H2,1-5H3/t30-,31-,32?. The maximum Gasteiger partial charge on any atom is 0.410 e. The van der Waals surface area contributed by atoms with Crippen molar-refractivity contribution in [3.05, 3.63) is 71.9 Å². The molecule has 1 atom stereocenters. The molecule has 0 N–H and O–H groups in total. The zero-order valence-electron chi connectivity index (χ0n) is 26.9. The van der Waals surface area contributed by atoms with Crippen LogP contribution >= 0.6 is 0 Å². The average molecular weight is 605 g/mol. The highest BCUT2D eigenvalue weighted by atomic mass is 16.6. The van der Waals surface area contributed by atoms with E-state index in [0.29, 0.717) is 26.2 Å². The van der Waals surface area contributed by atoms with Gasteiger partial charge in [0.25, 0.3) is 0 Å². The summed E-state index contributed by atoms with van der Waals surface area (Å²) < 4.78 is 25.8. The van der Waals surface area contributed by atoms with E-state index < -0.39 is 5.60 Å². The third-order valence-electron chi connectivity index (χ3n) is 8.03. The first-order chi connectivity index (χ1) is 21.1. The maximum atomic E-state index is 12.4. The van der Waals surface area contributed by atoms with Gasteiger partial charge < -0.3 is 28.7 Å². The van der Waals surface area contributed by atoms with Crippen LogP contribution in [-0.2, 0) is 27.4 Å². The van der Waals surface area contributed by atoms with Crippen molar-refractivity contribution in [2.45, 2.75) is 90.1 Å². The molecule has 238 valence electrons. The van der Waals surface area contributed by atoms with Crippen molar-refractivity contribution in [3.8, 4) is 17.0 Å². The summed E-state index contributed by atoms with van der Waals surface area (Å²) in [5, 5.41) is 5.02. The van der Waals surface area contributed by atoms with E-state index in [1.54, 1.807) is 11.9 Å². The van der Waals surface area contributed by atoms with Crippen LogP contribution in [-0.4, -0.2) is 77.3 Å². The fourth-order valence-electron chi connectivity index (χ4n) is 5.41. The van der Waals surface area contributed by atoms with Crippen molar-refractivity contribution >= 4 is 6.09 Å². The fraction of sp³-hybridized carbons (Fsp3) is 0.543. The molecule has 2 fully saturated rings. The lowest BCUT2D eigenvalue weighted by molar-refractivity contribution is -0.0683. The van der Waals surface area contributed by atoms with Gasteiger partial charge in [0.15, 0.2) is 0 Å². The molecule has 9 nitrogen and oxygen atoms in total. The molecule has 1 aliphatic heterocycles. The zero-order valence-corrected chi connectivity index (χ0v) is 26.9. The molecule has 5 rings (SSSR count). The molecule has 9 heteroatoms. The number of carbonyl (C=O) groups is 1. The monoisotopic (exact) mass is 604 g/mol. The van der Waals surface area contributed by atoms with Crippen LogP contribution in [0.3, 0.4) is 0 Å². The van der Waals surface area contributed by atoms with Gasteiger partial charge in [-0.3, -0.25) is 0 Å². The Kier molecular flexibility index (Phi) is 10.6. The van der Waals surface area contributed by atoms with E-state index in [4.69, 9.17) is 24.0 Å². The van der Waals surface area contributed by atoms with E-state index in [0.717, 1.165) is 61.3 Å². The Morgan fingerprint density at radius 2 is 1.75 bits per heavy atom. The normalized spacial score (nSPS) is 20.3. The van der Waals surface area contributed by atoms with Gasteiger partial charge in [-0.15, -0.1) is 0 Å². The topological polar surface area (TPSA) is 78.3 Å². The Morgan fingerprint density at radius 1 is 1.00 bits per heavy atom. The van der Waals surface area contributed by atoms with Crippen LogP contribution in [0.4, 0.5) is 4.79 Å². The molecule has 0 spiro atoms. The highest BCUT2D eigenvalue weighted by molar-refractivity contribution is 5.67. The number of aromatic nitrogens is 2. The molecule has 2 aliphatic rings. The Bertz CT molecular complexity index is 1330. The summed E-state index contributed by atoms with van der Waals surface area (Å²) in [5.41, 5.74) is 3.78. The highest BCUT2D eigenvalue weighted by Crippen LogP contribution is 2.32. The number of carbonyl (C=O) groups excluding carboxylic acids is 1. The predicted octanol–water partition coefficient (Wildman–Crippen LogP) is 6.67. The van der Waals surface area contributed by atoms with Crippen molar-refractivity contribution in [1.29, 1.82) is 0 Å². The van der Waals surface area contributed by atoms with E-state index >= 15 is 0 Å². The number of rotatable bonds is 12. The summed E-state index contributed by atoms with van der Waals surface area (Å²) in [6.45, 7) is 8.99. The molecule has 1 unspecified atom stereocenters. The third kappa shape index (κ3) is 9.06. The van der Waals surface area contributed by atoms with Crippen LogP contribution in [0.1, 0.15) is 70.2 Å². The summed E-state index contributed by atoms with van der Waals surface area (Å²) in [7, 11) is 3.84. The van der Waals surface area contributed by atoms with Gasteiger partial charge in [0.1, 0.15) is 23.7 Å². The van der Waals surface area contributed by atoms with Gasteiger partial charge in [-0.25, -0.2) is 9.48 Å². The summed E-state index contributed by atoms with van der Waals surface area (Å²) in [6.07, 6.45) is 7.17. The summed E-state index contributed by atoms with van der Waals surface area (Å²) in [4.78, 5) is 16.2. The lowest BCUT2D eigenvalue weighted by Crippen LogP contribution is -2.39. The minimum absolute atomic E-state index is 0.0434. The first kappa shape index (κ1) is 32.0. The lowest BCUT2D eigenvalue weighted by Gasteiger charge is -2.35. The maximum absolute atomic E-state index is 12.4. The van der Waals surface area contributed by atoms with E-state index in [-0.39, 0.29) is 24.5 Å². The van der Waals surface area contributed by atoms with E-state index in [9.17, 15) is 4.79 Å². The Morgan fingerprint density at radius 3 is 2.43 bits per heavy atom. The Balaban J connectivity index is 1.18. The van der Waals surface area contributed by atoms with Crippen LogP contribution < -0.4 is 4.74 Å². The number of hydrogen-bond donors (Lipinski definition) is 0. The number of ether oxygens (including phenoxy) is 4. The van der Waals surface area contributed by atoms with Crippen molar-refractivity contribution in [1.82, 2.24) is 19.6 Å². The van der Waals surface area contributed by atoms with Crippen molar-refractivity contribution in [2.24, 2.45) is 0 Å². The number of likely N-dealkylation sites (N-methyl/N-ethyl adjacent to an activating group) is 2. The highest BCUT2D eigenvalue weighted by Gasteiger charge is 2.32. The molecule has 2 heterocycles. The van der Waals surface area contributed by atoms with Crippen molar-refractivity contribution in [2.75, 3.05) is 33.8 Å². The van der Waals surface area contributed by atoms with Gasteiger partial charge in [0.05, 0.1) is 18.4 Å². The molecule has 0 radical (unpaired) electrons. The third-order valence-corrected chi connectivity index (χ3v) is 8.03. The molecular weight excluding hydrogens is 556 g/mol. The second kappa shape index (κ2) is 14.6. The first-order valence-corrected chi connectivity index (χ1v) is 15.9. The SMILES string of the molecule is CN(CCN(C)C(=O)OC(C)(C)C)Cc1cn(C2CCCCO2)nc1-c1ccc(O[C@H]2C[C@H](OCc3ccccc3)C2)cc1. The number of nitrogens with zero attached hydrogens (tertiary/aromatic N) is 4. The van der Waals surface area contributed by atoms with Crippen LogP contribution in [0.2, 0.25) is 0 Å². The second-order valence-electron chi connectivity index (χ2n) is 13.1. The van der Waals surface area contributed by atoms with Crippen LogP contribution in [0.25, 0.3) is 11.3 Å². The number of amides is 1. The van der Waals surface area contributed by atoms with Gasteiger partial charge in [-0.05, 0) is 76.9 Å². The van der Waals surface area contributed by atoms with Gasteiger partial charge >= 0.3 is 6.09 Å². The Hall–Kier alpha value is -3.40. The van der Waals surface area contributed by atoms with Gasteiger partial charge in [-0.1, -0.05) is 30.3 Å². The van der Waals surface area contributed by atoms with Crippen LogP contribution in [0, 0.1) is 0 Å². The van der Waals surface area contributed by atoms with Gasteiger partial charge in [0, 0.05) is 63.5 Å². The zero-order chi connectivity index (χ0) is 31.1. The minimum Gasteiger partial charge on any atom is -0.490 e. The Labute approximate surface area is 262 Å². The minimum atomic E-state index is -0.514. The predicted molar refractivity (Wildman–Crippen MR) is 170 cm³/mol. The smallest absolute Gasteiger partial charge is 0.410 e.